The van der Waals surface area contributed by atoms with E-state index in [1.54, 1.807) is 0 Å². The monoisotopic (exact) mass is 312 g/mol. The number of urea groups is 1. The Bertz CT molecular complexity index is 559. The van der Waals surface area contributed by atoms with Crippen molar-refractivity contribution >= 4 is 11.7 Å². The lowest BCUT2D eigenvalue weighted by Gasteiger charge is -2.21. The highest BCUT2D eigenvalue weighted by atomic mass is 19.4. The molecule has 0 unspecified atom stereocenters. The molecule has 22 heavy (non-hydrogen) atoms. The third kappa shape index (κ3) is 3.36. The summed E-state index contributed by atoms with van der Waals surface area (Å²) in [5, 5.41) is 5.26. The van der Waals surface area contributed by atoms with E-state index in [1.165, 1.54) is 31.4 Å². The maximum atomic E-state index is 12.6. The molecule has 2 saturated carbocycles. The molecular formula is C16H19F3N2O. The van der Waals surface area contributed by atoms with Gasteiger partial charge in [0.1, 0.15) is 0 Å². The lowest BCUT2D eigenvalue weighted by Crippen LogP contribution is -2.34. The lowest BCUT2D eigenvalue weighted by molar-refractivity contribution is -0.137. The summed E-state index contributed by atoms with van der Waals surface area (Å²) < 4.78 is 37.8. The van der Waals surface area contributed by atoms with Crippen molar-refractivity contribution in [3.05, 3.63) is 29.8 Å². The van der Waals surface area contributed by atoms with Crippen LogP contribution in [0.3, 0.4) is 0 Å². The van der Waals surface area contributed by atoms with Gasteiger partial charge in [-0.1, -0.05) is 12.5 Å². The second-order valence-electron chi connectivity index (χ2n) is 6.35. The summed E-state index contributed by atoms with van der Waals surface area (Å²) in [6.07, 6.45) is 0.567. The molecule has 0 aromatic heterocycles. The Labute approximate surface area is 127 Å². The molecule has 0 heterocycles. The number of hydrogen-bond donors (Lipinski definition) is 2. The molecule has 2 fully saturated rings. The van der Waals surface area contributed by atoms with Gasteiger partial charge in [-0.25, -0.2) is 4.79 Å². The third-order valence-electron chi connectivity index (χ3n) is 4.86. The van der Waals surface area contributed by atoms with Gasteiger partial charge in [0.25, 0.3) is 0 Å². The van der Waals surface area contributed by atoms with Crippen molar-refractivity contribution in [2.75, 3.05) is 11.9 Å². The first-order valence-corrected chi connectivity index (χ1v) is 7.64. The fourth-order valence-electron chi connectivity index (χ4n) is 3.80. The number of fused-ring (bicyclic) bond motifs is 2. The minimum Gasteiger partial charge on any atom is -0.338 e. The topological polar surface area (TPSA) is 41.1 Å². The predicted molar refractivity (Wildman–Crippen MR) is 77.4 cm³/mol. The zero-order valence-corrected chi connectivity index (χ0v) is 12.1. The van der Waals surface area contributed by atoms with E-state index in [0.717, 1.165) is 24.5 Å². The first-order valence-electron chi connectivity index (χ1n) is 7.64. The molecule has 2 bridgehead atoms. The minimum atomic E-state index is -4.41. The molecule has 1 aromatic carbocycles. The number of hydrogen-bond acceptors (Lipinski definition) is 1. The molecule has 6 heteroatoms. The smallest absolute Gasteiger partial charge is 0.338 e. The van der Waals surface area contributed by atoms with E-state index in [1.807, 2.05) is 0 Å². The molecule has 2 aliphatic rings. The van der Waals surface area contributed by atoms with Crippen LogP contribution in [0.4, 0.5) is 23.7 Å². The fraction of sp³-hybridized carbons (Fsp3) is 0.562. The Kier molecular flexibility index (Phi) is 4.02. The van der Waals surface area contributed by atoms with Gasteiger partial charge in [0, 0.05) is 12.2 Å². The number of anilines is 1. The maximum absolute atomic E-state index is 12.6. The summed E-state index contributed by atoms with van der Waals surface area (Å²) in [4.78, 5) is 11.8. The first kappa shape index (κ1) is 15.2. The molecule has 0 spiro atoms. The van der Waals surface area contributed by atoms with Crippen LogP contribution >= 0.6 is 0 Å². The van der Waals surface area contributed by atoms with Crippen LogP contribution in [0, 0.1) is 17.8 Å². The van der Waals surface area contributed by atoms with Crippen molar-refractivity contribution in [1.82, 2.24) is 5.32 Å². The Balaban J connectivity index is 1.51. The van der Waals surface area contributed by atoms with E-state index in [0.29, 0.717) is 18.4 Å². The van der Waals surface area contributed by atoms with E-state index in [4.69, 9.17) is 0 Å². The molecule has 1 aromatic rings. The van der Waals surface area contributed by atoms with Gasteiger partial charge < -0.3 is 10.6 Å². The predicted octanol–water partition coefficient (Wildman–Crippen LogP) is 4.26. The molecule has 0 radical (unpaired) electrons. The summed E-state index contributed by atoms with van der Waals surface area (Å²) in [7, 11) is 0. The molecule has 120 valence electrons. The summed E-state index contributed by atoms with van der Waals surface area (Å²) >= 11 is 0. The highest BCUT2D eigenvalue weighted by Crippen LogP contribution is 2.47. The number of rotatable bonds is 3. The van der Waals surface area contributed by atoms with Crippen LogP contribution in [0.2, 0.25) is 0 Å². The van der Waals surface area contributed by atoms with E-state index in [-0.39, 0.29) is 5.69 Å². The van der Waals surface area contributed by atoms with Gasteiger partial charge in [-0.3, -0.25) is 0 Å². The number of benzene rings is 1. The van der Waals surface area contributed by atoms with E-state index < -0.39 is 17.8 Å². The summed E-state index contributed by atoms with van der Waals surface area (Å²) in [5.74, 6) is 2.04. The van der Waals surface area contributed by atoms with E-state index in [9.17, 15) is 18.0 Å². The quantitative estimate of drug-likeness (QED) is 0.860. The molecule has 2 amide bonds. The van der Waals surface area contributed by atoms with Crippen molar-refractivity contribution in [2.24, 2.45) is 17.8 Å². The average molecular weight is 312 g/mol. The van der Waals surface area contributed by atoms with E-state index in [2.05, 4.69) is 10.6 Å². The highest BCUT2D eigenvalue weighted by Gasteiger charge is 2.39. The van der Waals surface area contributed by atoms with Crippen LogP contribution in [0.1, 0.15) is 31.2 Å². The van der Waals surface area contributed by atoms with Crippen molar-refractivity contribution in [3.63, 3.8) is 0 Å². The van der Waals surface area contributed by atoms with Gasteiger partial charge >= 0.3 is 12.2 Å². The second kappa shape index (κ2) is 5.82. The van der Waals surface area contributed by atoms with Crippen LogP contribution < -0.4 is 10.6 Å². The molecule has 3 atom stereocenters. The normalized spacial score (nSPS) is 27.0. The molecule has 3 nitrogen and oxygen atoms in total. The standard InChI is InChI=1S/C16H19F3N2O/c17-16(18,19)13-2-1-3-14(8-13)21-15(22)20-9-12-7-10-4-5-11(12)6-10/h1-3,8,10-12H,4-7,9H2,(H2,20,21,22)/t10-,11-,12+/m0/s1. The van der Waals surface area contributed by atoms with Crippen LogP contribution in [0.15, 0.2) is 24.3 Å². The third-order valence-corrected chi connectivity index (χ3v) is 4.86. The van der Waals surface area contributed by atoms with Crippen LogP contribution in [-0.2, 0) is 6.18 Å². The van der Waals surface area contributed by atoms with Crippen LogP contribution in [0.5, 0.6) is 0 Å². The Morgan fingerprint density at radius 3 is 2.68 bits per heavy atom. The number of alkyl halides is 3. The van der Waals surface area contributed by atoms with Crippen LogP contribution in [0.25, 0.3) is 0 Å². The lowest BCUT2D eigenvalue weighted by atomic mass is 9.89. The van der Waals surface area contributed by atoms with Crippen molar-refractivity contribution in [2.45, 2.75) is 31.9 Å². The molecule has 2 N–H and O–H groups in total. The summed E-state index contributed by atoms with van der Waals surface area (Å²) in [6.45, 7) is 0.603. The van der Waals surface area contributed by atoms with E-state index >= 15 is 0 Å². The number of amides is 2. The molecule has 3 rings (SSSR count). The summed E-state index contributed by atoms with van der Waals surface area (Å²) in [5.41, 5.74) is -0.612. The fourth-order valence-corrected chi connectivity index (χ4v) is 3.80. The SMILES string of the molecule is O=C(NC[C@H]1C[C@H]2CC[C@H]1C2)Nc1cccc(C(F)(F)F)c1. The summed E-state index contributed by atoms with van der Waals surface area (Å²) in [6, 6.07) is 4.22. The number of carbonyl (C=O) groups is 1. The Morgan fingerprint density at radius 2 is 2.05 bits per heavy atom. The number of nitrogens with one attached hydrogen (secondary N) is 2. The maximum Gasteiger partial charge on any atom is 0.416 e. The molecular weight excluding hydrogens is 293 g/mol. The van der Waals surface area contributed by atoms with Gasteiger partial charge in [0.2, 0.25) is 0 Å². The van der Waals surface area contributed by atoms with Gasteiger partial charge in [0.15, 0.2) is 0 Å². The number of carbonyl (C=O) groups excluding carboxylic acids is 1. The largest absolute Gasteiger partial charge is 0.416 e. The van der Waals surface area contributed by atoms with Gasteiger partial charge in [-0.2, -0.15) is 13.2 Å². The van der Waals surface area contributed by atoms with Gasteiger partial charge in [0.05, 0.1) is 5.56 Å². The Morgan fingerprint density at radius 1 is 1.23 bits per heavy atom. The zero-order chi connectivity index (χ0) is 15.7. The van der Waals surface area contributed by atoms with Crippen molar-refractivity contribution in [1.29, 1.82) is 0 Å². The molecule has 0 saturated heterocycles. The minimum absolute atomic E-state index is 0.153. The molecule has 2 aliphatic carbocycles. The highest BCUT2D eigenvalue weighted by molar-refractivity contribution is 5.89. The first-order chi connectivity index (χ1) is 10.4. The second-order valence-corrected chi connectivity index (χ2v) is 6.35. The Hall–Kier alpha value is -1.72. The van der Waals surface area contributed by atoms with Gasteiger partial charge in [-0.15, -0.1) is 0 Å². The number of halogens is 3. The van der Waals surface area contributed by atoms with Crippen molar-refractivity contribution in [3.8, 4) is 0 Å². The molecule has 0 aliphatic heterocycles. The zero-order valence-electron chi connectivity index (χ0n) is 12.1. The van der Waals surface area contributed by atoms with Crippen LogP contribution in [-0.4, -0.2) is 12.6 Å². The van der Waals surface area contributed by atoms with Gasteiger partial charge in [-0.05, 0) is 55.2 Å². The average Bonchev–Trinajstić information content (AvgIpc) is 3.07. The van der Waals surface area contributed by atoms with Crippen molar-refractivity contribution < 1.29 is 18.0 Å².